The number of hydrogen-bond donors (Lipinski definition) is 5. The number of guanidine groups is 1. The number of fused-ring (bicyclic) bond motifs is 1. The molecule has 0 fully saturated rings. The summed E-state index contributed by atoms with van der Waals surface area (Å²) in [5.74, 6) is -0.527. The minimum Gasteiger partial charge on any atom is -0.480 e. The Kier molecular flexibility index (Phi) is 5.96. The second-order valence-corrected chi connectivity index (χ2v) is 7.61. The normalized spacial score (nSPS) is 14.4. The van der Waals surface area contributed by atoms with E-state index in [9.17, 15) is 10.1 Å². The maximum absolute atomic E-state index is 10.8. The number of nitriles is 2. The Labute approximate surface area is 186 Å². The number of anilines is 3. The third-order valence-electron chi connectivity index (χ3n) is 4.03. The first-order chi connectivity index (χ1) is 14.3. The average molecular weight is 536 g/mol. The fourth-order valence-corrected chi connectivity index (χ4v) is 4.28. The van der Waals surface area contributed by atoms with Gasteiger partial charge in [-0.3, -0.25) is 5.32 Å². The molecule has 2 aromatic rings. The Bertz CT molecular complexity index is 1150. The van der Waals surface area contributed by atoms with Crippen LogP contribution in [0.15, 0.2) is 26.1 Å². The summed E-state index contributed by atoms with van der Waals surface area (Å²) in [6, 6.07) is 4.51. The molecule has 7 N–H and O–H groups in total. The topological polar surface area (TPSA) is 195 Å². The Morgan fingerprint density at radius 2 is 2.00 bits per heavy atom. The van der Waals surface area contributed by atoms with E-state index in [1.165, 1.54) is 0 Å². The van der Waals surface area contributed by atoms with E-state index >= 15 is 0 Å². The number of nitrogen functional groups attached to an aromatic ring is 2. The lowest BCUT2D eigenvalue weighted by Crippen LogP contribution is -2.32. The molecule has 1 aliphatic heterocycles. The summed E-state index contributed by atoms with van der Waals surface area (Å²) in [6.07, 6.45) is 1.77. The van der Waals surface area contributed by atoms with Crippen molar-refractivity contribution in [2.75, 3.05) is 23.4 Å². The number of rotatable bonds is 4. The van der Waals surface area contributed by atoms with Crippen molar-refractivity contribution in [3.8, 4) is 18.0 Å². The number of hydrogen-bond acceptors (Lipinski definition) is 10. The van der Waals surface area contributed by atoms with Gasteiger partial charge in [-0.15, -0.1) is 0 Å². The number of benzene rings is 1. The predicted octanol–water partition coefficient (Wildman–Crippen LogP) is 2.05. The van der Waals surface area contributed by atoms with Gasteiger partial charge < -0.3 is 26.6 Å². The second kappa shape index (κ2) is 8.44. The molecular weight excluding hydrogens is 524 g/mol. The van der Waals surface area contributed by atoms with Gasteiger partial charge in [0.1, 0.15) is 35.1 Å². The Balaban J connectivity index is 2.17. The number of pyridine rings is 1. The molecule has 1 unspecified atom stereocenters. The quantitative estimate of drug-likeness (QED) is 0.285. The summed E-state index contributed by atoms with van der Waals surface area (Å²) in [5, 5.41) is 32.4. The fourth-order valence-electron chi connectivity index (χ4n) is 2.83. The summed E-state index contributed by atoms with van der Waals surface area (Å²) in [7, 11) is 0. The van der Waals surface area contributed by atoms with Crippen LogP contribution in [-0.4, -0.2) is 28.6 Å². The number of halogens is 2. The van der Waals surface area contributed by atoms with Gasteiger partial charge in [0.15, 0.2) is 12.8 Å². The first-order valence-corrected chi connectivity index (χ1v) is 9.67. The third-order valence-corrected chi connectivity index (χ3v) is 5.21. The first-order valence-electron chi connectivity index (χ1n) is 8.09. The SMILES string of the molecule is N#CNC1=NC(c2cc(Br)c(OCC(=O)O)c(Br)c2)c2c(nc(N)c(C#N)c2N)N1. The zero-order valence-electron chi connectivity index (χ0n) is 14.9. The number of aliphatic carboxylic acids is 1. The maximum atomic E-state index is 10.8. The van der Waals surface area contributed by atoms with Crippen LogP contribution in [-0.2, 0) is 4.79 Å². The monoisotopic (exact) mass is 534 g/mol. The van der Waals surface area contributed by atoms with E-state index < -0.39 is 18.6 Å². The maximum Gasteiger partial charge on any atom is 0.341 e. The smallest absolute Gasteiger partial charge is 0.341 e. The van der Waals surface area contributed by atoms with Gasteiger partial charge in [0, 0.05) is 5.56 Å². The van der Waals surface area contributed by atoms with Crippen LogP contribution in [0, 0.1) is 22.8 Å². The lowest BCUT2D eigenvalue weighted by molar-refractivity contribution is -0.139. The third kappa shape index (κ3) is 3.94. The Hall–Kier alpha value is -3.55. The van der Waals surface area contributed by atoms with E-state index in [4.69, 9.17) is 26.6 Å². The minimum atomic E-state index is -1.12. The van der Waals surface area contributed by atoms with Crippen LogP contribution in [0.5, 0.6) is 5.75 Å². The van der Waals surface area contributed by atoms with Gasteiger partial charge in [-0.25, -0.2) is 14.8 Å². The van der Waals surface area contributed by atoms with Crippen LogP contribution in [0.2, 0.25) is 0 Å². The van der Waals surface area contributed by atoms with Crippen molar-refractivity contribution in [1.82, 2.24) is 10.3 Å². The van der Waals surface area contributed by atoms with Gasteiger partial charge in [-0.2, -0.15) is 10.5 Å². The van der Waals surface area contributed by atoms with Crippen molar-refractivity contribution in [1.29, 1.82) is 10.5 Å². The summed E-state index contributed by atoms with van der Waals surface area (Å²) in [6.45, 7) is -0.525. The molecule has 0 saturated heterocycles. The van der Waals surface area contributed by atoms with Crippen LogP contribution in [0.3, 0.4) is 0 Å². The highest BCUT2D eigenvalue weighted by Crippen LogP contribution is 2.44. The van der Waals surface area contributed by atoms with Crippen molar-refractivity contribution in [3.05, 3.63) is 37.8 Å². The van der Waals surface area contributed by atoms with Gasteiger partial charge >= 0.3 is 5.97 Å². The standard InChI is InChI=1S/C17H12Br2N8O3/c18-8-1-6(2-9(19)14(8)30-4-10(28)29)13-11-12(22)7(3-20)15(23)26-16(11)27-17(25-13)24-5-21/h1-2,13H,4H2,(H,28,29)(H6,22,23,24,25,26,27). The molecule has 152 valence electrons. The molecule has 13 heteroatoms. The molecule has 2 heterocycles. The van der Waals surface area contributed by atoms with E-state index in [1.54, 1.807) is 18.3 Å². The van der Waals surface area contributed by atoms with Crippen LogP contribution in [0.1, 0.15) is 22.7 Å². The van der Waals surface area contributed by atoms with Crippen molar-refractivity contribution in [2.24, 2.45) is 4.99 Å². The molecule has 1 aromatic heterocycles. The van der Waals surface area contributed by atoms with Crippen LogP contribution >= 0.6 is 31.9 Å². The van der Waals surface area contributed by atoms with Gasteiger partial charge in [0.05, 0.1) is 14.6 Å². The number of carbonyl (C=O) groups is 1. The highest BCUT2D eigenvalue weighted by molar-refractivity contribution is 9.11. The highest BCUT2D eigenvalue weighted by atomic mass is 79.9. The number of aromatic nitrogens is 1. The lowest BCUT2D eigenvalue weighted by atomic mass is 9.95. The van der Waals surface area contributed by atoms with E-state index in [2.05, 4.69) is 52.5 Å². The molecular formula is C17H12Br2N8O3. The molecule has 0 spiro atoms. The van der Waals surface area contributed by atoms with Crippen LogP contribution < -0.4 is 26.8 Å². The van der Waals surface area contributed by atoms with E-state index in [-0.39, 0.29) is 34.6 Å². The largest absolute Gasteiger partial charge is 0.480 e. The number of ether oxygens (including phenoxy) is 1. The average Bonchev–Trinajstić information content (AvgIpc) is 2.66. The molecule has 1 aliphatic rings. The number of nitrogens with zero attached hydrogens (tertiary/aromatic N) is 4. The van der Waals surface area contributed by atoms with Gasteiger partial charge in [-0.05, 0) is 49.6 Å². The van der Waals surface area contributed by atoms with E-state index in [1.807, 2.05) is 6.07 Å². The number of nitrogens with one attached hydrogen (secondary N) is 2. The first kappa shape index (κ1) is 21.2. The summed E-state index contributed by atoms with van der Waals surface area (Å²) < 4.78 is 6.20. The number of carboxylic acid groups (broad SMARTS) is 1. The molecule has 0 radical (unpaired) electrons. The second-order valence-electron chi connectivity index (χ2n) is 5.90. The molecule has 1 aromatic carbocycles. The van der Waals surface area contributed by atoms with Crippen molar-refractivity contribution < 1.29 is 14.6 Å². The van der Waals surface area contributed by atoms with Crippen LogP contribution in [0.4, 0.5) is 17.3 Å². The zero-order chi connectivity index (χ0) is 22.0. The van der Waals surface area contributed by atoms with Gasteiger partial charge in [-0.1, -0.05) is 0 Å². The highest BCUT2D eigenvalue weighted by Gasteiger charge is 2.30. The zero-order valence-corrected chi connectivity index (χ0v) is 18.1. The summed E-state index contributed by atoms with van der Waals surface area (Å²) >= 11 is 6.72. The Morgan fingerprint density at radius 1 is 1.33 bits per heavy atom. The molecule has 3 rings (SSSR count). The molecule has 30 heavy (non-hydrogen) atoms. The van der Waals surface area contributed by atoms with Crippen LogP contribution in [0.25, 0.3) is 0 Å². The number of aliphatic imine (C=N–C) groups is 1. The van der Waals surface area contributed by atoms with E-state index in [0.717, 1.165) is 0 Å². The molecule has 11 nitrogen and oxygen atoms in total. The Morgan fingerprint density at radius 3 is 2.57 bits per heavy atom. The van der Waals surface area contributed by atoms with Crippen molar-refractivity contribution in [2.45, 2.75) is 6.04 Å². The molecule has 1 atom stereocenters. The van der Waals surface area contributed by atoms with E-state index in [0.29, 0.717) is 20.1 Å². The molecule has 0 bridgehead atoms. The molecule has 0 saturated carbocycles. The number of carboxylic acids is 1. The van der Waals surface area contributed by atoms with Crippen molar-refractivity contribution in [3.63, 3.8) is 0 Å². The fraction of sp³-hybridized carbons (Fsp3) is 0.118. The molecule has 0 aliphatic carbocycles. The summed E-state index contributed by atoms with van der Waals surface area (Å²) in [5.41, 5.74) is 13.2. The van der Waals surface area contributed by atoms with Gasteiger partial charge in [0.2, 0.25) is 5.96 Å². The molecule has 0 amide bonds. The predicted molar refractivity (Wildman–Crippen MR) is 114 cm³/mol. The van der Waals surface area contributed by atoms with Gasteiger partial charge in [0.25, 0.3) is 0 Å². The lowest BCUT2D eigenvalue weighted by Gasteiger charge is -2.26. The minimum absolute atomic E-state index is 0.0204. The number of nitrogens with two attached hydrogens (primary N) is 2. The summed E-state index contributed by atoms with van der Waals surface area (Å²) in [4.78, 5) is 19.4. The van der Waals surface area contributed by atoms with Crippen molar-refractivity contribution >= 4 is 61.1 Å².